The Bertz CT molecular complexity index is 1470. The van der Waals surface area contributed by atoms with Crippen molar-refractivity contribution in [3.05, 3.63) is 48.6 Å². The first-order chi connectivity index (χ1) is 40.2. The Morgan fingerprint density at radius 3 is 1.09 bits per heavy atom. The number of ether oxygens (including phenoxy) is 2. The van der Waals surface area contributed by atoms with Gasteiger partial charge in [-0.1, -0.05) is 287 Å². The minimum Gasteiger partial charge on any atom is -0.394 e. The Hall–Kier alpha value is -1.93. The zero-order valence-electron chi connectivity index (χ0n) is 53.2. The third-order valence-electron chi connectivity index (χ3n) is 16.8. The highest BCUT2D eigenvalue weighted by Crippen LogP contribution is 2.24. The maximum atomic E-state index is 13.2. The number of hydrogen-bond acceptors (Lipinski definition) is 10. The minimum atomic E-state index is -1.67. The molecule has 482 valence electrons. The SMILES string of the molecule is CCCCCCCCCCCC/C=C/CC/C=C/CC/C=C/CCCC(O)C(O)C(COC1OC(CO)C(O)C(O)C1O)NC(=O)C(O)CCCCCCCCCCCCCCCCCC/C=C\CCCCCCCCCCCCCC. The van der Waals surface area contributed by atoms with Crippen LogP contribution in [0.4, 0.5) is 0 Å². The van der Waals surface area contributed by atoms with Crippen LogP contribution < -0.4 is 5.32 Å². The molecule has 0 aromatic carbocycles. The smallest absolute Gasteiger partial charge is 0.249 e. The minimum absolute atomic E-state index is 0.241. The monoisotopic (exact) mass is 1160 g/mol. The quantitative estimate of drug-likeness (QED) is 0.0215. The summed E-state index contributed by atoms with van der Waals surface area (Å²) in [5.41, 5.74) is 0. The van der Waals surface area contributed by atoms with Gasteiger partial charge in [0, 0.05) is 0 Å². The predicted molar refractivity (Wildman–Crippen MR) is 344 cm³/mol. The highest BCUT2D eigenvalue weighted by Gasteiger charge is 2.44. The zero-order valence-corrected chi connectivity index (χ0v) is 53.2. The van der Waals surface area contributed by atoms with E-state index in [1.807, 2.05) is 0 Å². The number of hydrogen-bond donors (Lipinski definition) is 8. The zero-order chi connectivity index (χ0) is 59.6. The highest BCUT2D eigenvalue weighted by atomic mass is 16.7. The van der Waals surface area contributed by atoms with E-state index in [-0.39, 0.29) is 12.8 Å². The summed E-state index contributed by atoms with van der Waals surface area (Å²) in [5, 5.41) is 76.4. The molecule has 1 fully saturated rings. The van der Waals surface area contributed by atoms with Gasteiger partial charge in [0.1, 0.15) is 36.6 Å². The molecule has 11 heteroatoms. The second-order valence-electron chi connectivity index (χ2n) is 24.6. The number of aliphatic hydroxyl groups is 7. The summed E-state index contributed by atoms with van der Waals surface area (Å²) < 4.78 is 11.2. The Labute approximate surface area is 504 Å². The molecular formula is C71H133NO10. The van der Waals surface area contributed by atoms with Crippen molar-refractivity contribution in [3.8, 4) is 0 Å². The summed E-state index contributed by atoms with van der Waals surface area (Å²) >= 11 is 0. The molecule has 11 nitrogen and oxygen atoms in total. The summed E-state index contributed by atoms with van der Waals surface area (Å²) in [5.74, 6) is -0.708. The lowest BCUT2D eigenvalue weighted by Crippen LogP contribution is -2.60. The summed E-state index contributed by atoms with van der Waals surface area (Å²) in [6.45, 7) is 3.48. The van der Waals surface area contributed by atoms with Crippen molar-refractivity contribution in [2.45, 2.75) is 384 Å². The molecule has 1 aliphatic heterocycles. The molecule has 0 aliphatic carbocycles. The summed E-state index contributed by atoms with van der Waals surface area (Å²) in [4.78, 5) is 13.2. The number of unbranched alkanes of at least 4 members (excludes halogenated alkanes) is 41. The van der Waals surface area contributed by atoms with Gasteiger partial charge in [0.25, 0.3) is 0 Å². The Morgan fingerprint density at radius 2 is 0.732 bits per heavy atom. The number of carbonyl (C=O) groups excluding carboxylic acids is 1. The molecular weight excluding hydrogens is 1030 g/mol. The highest BCUT2D eigenvalue weighted by molar-refractivity contribution is 5.80. The number of nitrogens with one attached hydrogen (secondary N) is 1. The van der Waals surface area contributed by atoms with Crippen LogP contribution in [0.1, 0.15) is 328 Å². The lowest BCUT2D eigenvalue weighted by Gasteiger charge is -2.40. The van der Waals surface area contributed by atoms with Gasteiger partial charge in [-0.3, -0.25) is 4.79 Å². The van der Waals surface area contributed by atoms with Gasteiger partial charge in [0.2, 0.25) is 5.91 Å². The first kappa shape index (κ1) is 78.1. The molecule has 0 aromatic rings. The molecule has 0 spiro atoms. The first-order valence-electron chi connectivity index (χ1n) is 35.0. The van der Waals surface area contributed by atoms with Crippen LogP contribution in [-0.2, 0) is 14.3 Å². The fourth-order valence-electron chi connectivity index (χ4n) is 11.2. The number of allylic oxidation sites excluding steroid dienone is 8. The maximum absolute atomic E-state index is 13.2. The van der Waals surface area contributed by atoms with E-state index in [0.29, 0.717) is 19.3 Å². The normalized spacial score (nSPS) is 19.4. The largest absolute Gasteiger partial charge is 0.394 e. The third kappa shape index (κ3) is 46.3. The van der Waals surface area contributed by atoms with Crippen molar-refractivity contribution < 1.29 is 50.0 Å². The van der Waals surface area contributed by atoms with Gasteiger partial charge in [-0.25, -0.2) is 0 Å². The molecule has 0 radical (unpaired) electrons. The first-order valence-corrected chi connectivity index (χ1v) is 35.0. The van der Waals surface area contributed by atoms with Crippen LogP contribution in [0, 0.1) is 0 Å². The van der Waals surface area contributed by atoms with Crippen molar-refractivity contribution in [3.63, 3.8) is 0 Å². The molecule has 1 saturated heterocycles. The summed E-state index contributed by atoms with van der Waals surface area (Å²) in [7, 11) is 0. The molecule has 1 heterocycles. The van der Waals surface area contributed by atoms with Crippen LogP contribution in [0.5, 0.6) is 0 Å². The van der Waals surface area contributed by atoms with E-state index in [0.717, 1.165) is 44.9 Å². The Morgan fingerprint density at radius 1 is 0.415 bits per heavy atom. The molecule has 0 bridgehead atoms. The molecule has 9 atom stereocenters. The molecule has 1 amide bonds. The maximum Gasteiger partial charge on any atom is 0.249 e. The number of rotatable bonds is 61. The van der Waals surface area contributed by atoms with E-state index >= 15 is 0 Å². The topological polar surface area (TPSA) is 189 Å². The van der Waals surface area contributed by atoms with Gasteiger partial charge in [0.05, 0.1) is 25.4 Å². The van der Waals surface area contributed by atoms with Crippen LogP contribution >= 0.6 is 0 Å². The number of aliphatic hydroxyl groups excluding tert-OH is 7. The van der Waals surface area contributed by atoms with Crippen molar-refractivity contribution in [1.29, 1.82) is 0 Å². The van der Waals surface area contributed by atoms with E-state index in [9.17, 15) is 40.5 Å². The van der Waals surface area contributed by atoms with Crippen LogP contribution in [0.15, 0.2) is 48.6 Å². The van der Waals surface area contributed by atoms with E-state index in [4.69, 9.17) is 9.47 Å². The van der Waals surface area contributed by atoms with Gasteiger partial charge in [0.15, 0.2) is 6.29 Å². The van der Waals surface area contributed by atoms with Crippen LogP contribution in [0.25, 0.3) is 0 Å². The summed E-state index contributed by atoms with van der Waals surface area (Å²) in [6, 6.07) is -1.20. The van der Waals surface area contributed by atoms with E-state index < -0.39 is 74.2 Å². The van der Waals surface area contributed by atoms with Crippen molar-refractivity contribution >= 4 is 5.91 Å². The summed E-state index contributed by atoms with van der Waals surface area (Å²) in [6.07, 6.45) is 66.3. The Balaban J connectivity index is 2.22. The van der Waals surface area contributed by atoms with Crippen molar-refractivity contribution in [2.75, 3.05) is 13.2 Å². The van der Waals surface area contributed by atoms with E-state index in [1.54, 1.807) is 0 Å². The molecule has 1 rings (SSSR count). The van der Waals surface area contributed by atoms with Gasteiger partial charge >= 0.3 is 0 Å². The molecule has 9 unspecified atom stereocenters. The van der Waals surface area contributed by atoms with Crippen molar-refractivity contribution in [1.82, 2.24) is 5.32 Å². The van der Waals surface area contributed by atoms with E-state index in [2.05, 4.69) is 67.8 Å². The number of carbonyl (C=O) groups is 1. The Kier molecular flexibility index (Phi) is 56.6. The lowest BCUT2D eigenvalue weighted by atomic mass is 9.98. The van der Waals surface area contributed by atoms with Crippen LogP contribution in [0.3, 0.4) is 0 Å². The molecule has 8 N–H and O–H groups in total. The third-order valence-corrected chi connectivity index (χ3v) is 16.8. The standard InChI is InChI=1S/C71H133NO10/c1-3-5-7-9-11-13-15-17-19-21-23-25-27-28-29-30-31-32-33-34-35-37-39-41-43-45-47-49-51-53-55-57-59-64(75)70(80)72-62(61-81-71-69(79)68(78)67(77)65(60-73)82-71)66(76)63(74)58-56-54-52-50-48-46-44-42-40-38-36-26-24-22-20-18-16-14-12-10-8-6-4-2/h26,28-29,36,42,44,50,52,62-69,71,73-79H,3-25,27,30-35,37-41,43,45-49,51,53-61H2,1-2H3,(H,72,80)/b29-28-,36-26+,44-42+,52-50+. The average Bonchev–Trinajstić information content (AvgIpc) is 3.53. The number of amides is 1. The van der Waals surface area contributed by atoms with Gasteiger partial charge in [-0.2, -0.15) is 0 Å². The predicted octanol–water partition coefficient (Wildman–Crippen LogP) is 16.7. The fraction of sp³-hybridized carbons (Fsp3) is 0.873. The molecule has 1 aliphatic rings. The molecule has 82 heavy (non-hydrogen) atoms. The van der Waals surface area contributed by atoms with Gasteiger partial charge in [-0.05, 0) is 89.9 Å². The van der Waals surface area contributed by atoms with Crippen LogP contribution in [-0.4, -0.2) is 110 Å². The second-order valence-corrected chi connectivity index (χ2v) is 24.6. The van der Waals surface area contributed by atoms with Gasteiger partial charge < -0.3 is 50.5 Å². The van der Waals surface area contributed by atoms with Crippen LogP contribution in [0.2, 0.25) is 0 Å². The van der Waals surface area contributed by atoms with Crippen molar-refractivity contribution in [2.24, 2.45) is 0 Å². The molecule has 0 saturated carbocycles. The molecule has 0 aromatic heterocycles. The van der Waals surface area contributed by atoms with Gasteiger partial charge in [-0.15, -0.1) is 0 Å². The van der Waals surface area contributed by atoms with E-state index in [1.165, 1.54) is 238 Å². The fourth-order valence-corrected chi connectivity index (χ4v) is 11.2. The lowest BCUT2D eigenvalue weighted by molar-refractivity contribution is -0.303. The average molecular weight is 1160 g/mol. The second kappa shape index (κ2) is 59.4.